The highest BCUT2D eigenvalue weighted by molar-refractivity contribution is 5.86. The fourth-order valence-electron chi connectivity index (χ4n) is 1.78. The summed E-state index contributed by atoms with van der Waals surface area (Å²) in [5.41, 5.74) is 3.13. The van der Waals surface area contributed by atoms with E-state index in [4.69, 9.17) is 15.1 Å². The molecular formula is C16H21NO5. The fourth-order valence-corrected chi connectivity index (χ4v) is 1.78. The van der Waals surface area contributed by atoms with Gasteiger partial charge in [0.2, 0.25) is 0 Å². The Morgan fingerprint density at radius 1 is 1.36 bits per heavy atom. The van der Waals surface area contributed by atoms with E-state index in [1.165, 1.54) is 17.6 Å². The molecule has 0 saturated heterocycles. The number of aliphatic hydroxyl groups excluding tert-OH is 2. The average Bonchev–Trinajstić information content (AvgIpc) is 2.53. The Bertz CT molecular complexity index is 522. The van der Waals surface area contributed by atoms with Crippen LogP contribution in [0.25, 0.3) is 0 Å². The van der Waals surface area contributed by atoms with Gasteiger partial charge in [-0.05, 0) is 31.0 Å². The second kappa shape index (κ2) is 9.73. The average molecular weight is 307 g/mol. The van der Waals surface area contributed by atoms with Gasteiger partial charge in [0.1, 0.15) is 12.4 Å². The Kier molecular flexibility index (Phi) is 7.91. The summed E-state index contributed by atoms with van der Waals surface area (Å²) in [6.07, 6.45) is 4.13. The minimum Gasteiger partial charge on any atom is -0.491 e. The third kappa shape index (κ3) is 6.53. The number of hydroxylamine groups is 1. The van der Waals surface area contributed by atoms with Gasteiger partial charge in [-0.25, -0.2) is 5.48 Å². The third-order valence-corrected chi connectivity index (χ3v) is 2.88. The van der Waals surface area contributed by atoms with Gasteiger partial charge < -0.3 is 14.9 Å². The molecule has 0 fully saturated rings. The van der Waals surface area contributed by atoms with Crippen molar-refractivity contribution in [1.29, 1.82) is 0 Å². The molecule has 1 rings (SSSR count). The predicted molar refractivity (Wildman–Crippen MR) is 81.4 cm³/mol. The first-order chi connectivity index (χ1) is 10.6. The molecule has 0 aliphatic rings. The van der Waals surface area contributed by atoms with Gasteiger partial charge in [0, 0.05) is 6.08 Å². The zero-order valence-electron chi connectivity index (χ0n) is 12.4. The lowest BCUT2D eigenvalue weighted by molar-refractivity contribution is -0.124. The molecule has 0 spiro atoms. The standard InChI is InChI=1S/C16H21NO5/c1-12(3-2-4-16(20)17-21)11-15(19)13-5-7-14(8-6-13)22-10-9-18/h2-8,15,18-19,21H,9-11H2,1H3,(H,17,20)/b4-2+,12-3+/t15-/m0/s1. The lowest BCUT2D eigenvalue weighted by Crippen LogP contribution is -2.14. The van der Waals surface area contributed by atoms with Gasteiger partial charge >= 0.3 is 0 Å². The minimum absolute atomic E-state index is 0.0454. The van der Waals surface area contributed by atoms with Crippen molar-refractivity contribution in [3.8, 4) is 5.75 Å². The molecule has 1 atom stereocenters. The van der Waals surface area contributed by atoms with Crippen LogP contribution in [0, 0.1) is 0 Å². The second-order valence-electron chi connectivity index (χ2n) is 4.71. The predicted octanol–water partition coefficient (Wildman–Crippen LogP) is 1.49. The molecule has 22 heavy (non-hydrogen) atoms. The van der Waals surface area contributed by atoms with E-state index >= 15 is 0 Å². The number of carbonyl (C=O) groups is 1. The first kappa shape index (κ1) is 17.9. The molecule has 0 unspecified atom stereocenters. The van der Waals surface area contributed by atoms with Crippen LogP contribution in [0.5, 0.6) is 5.75 Å². The summed E-state index contributed by atoms with van der Waals surface area (Å²) < 4.78 is 5.25. The maximum atomic E-state index is 10.8. The van der Waals surface area contributed by atoms with Crippen LogP contribution in [0.15, 0.2) is 48.1 Å². The maximum Gasteiger partial charge on any atom is 0.267 e. The number of carbonyl (C=O) groups excluding carboxylic acids is 1. The van der Waals surface area contributed by atoms with Crippen molar-refractivity contribution in [3.05, 3.63) is 53.6 Å². The molecule has 0 heterocycles. The van der Waals surface area contributed by atoms with Crippen LogP contribution in [0.4, 0.5) is 0 Å². The molecular weight excluding hydrogens is 286 g/mol. The van der Waals surface area contributed by atoms with Gasteiger partial charge in [-0.3, -0.25) is 10.0 Å². The zero-order chi connectivity index (χ0) is 16.4. The summed E-state index contributed by atoms with van der Waals surface area (Å²) in [7, 11) is 0. The van der Waals surface area contributed by atoms with Crippen LogP contribution in [0.3, 0.4) is 0 Å². The van der Waals surface area contributed by atoms with Crippen molar-refractivity contribution in [1.82, 2.24) is 5.48 Å². The Hall–Kier alpha value is -2.15. The largest absolute Gasteiger partial charge is 0.491 e. The Balaban J connectivity index is 2.56. The molecule has 6 nitrogen and oxygen atoms in total. The van der Waals surface area contributed by atoms with Crippen molar-refractivity contribution in [2.45, 2.75) is 19.4 Å². The van der Waals surface area contributed by atoms with E-state index in [2.05, 4.69) is 0 Å². The smallest absolute Gasteiger partial charge is 0.267 e. The van der Waals surface area contributed by atoms with Crippen LogP contribution in [0.2, 0.25) is 0 Å². The first-order valence-electron chi connectivity index (χ1n) is 6.86. The number of rotatable bonds is 8. The van der Waals surface area contributed by atoms with E-state index in [-0.39, 0.29) is 13.2 Å². The number of hydrogen-bond acceptors (Lipinski definition) is 5. The number of allylic oxidation sites excluding steroid dienone is 2. The molecule has 0 aromatic heterocycles. The van der Waals surface area contributed by atoms with E-state index < -0.39 is 12.0 Å². The number of aliphatic hydroxyl groups is 2. The van der Waals surface area contributed by atoms with Crippen molar-refractivity contribution in [3.63, 3.8) is 0 Å². The quantitative estimate of drug-likeness (QED) is 0.252. The molecule has 1 aromatic carbocycles. The zero-order valence-corrected chi connectivity index (χ0v) is 12.4. The normalized spacial score (nSPS) is 13.2. The molecule has 0 radical (unpaired) electrons. The van der Waals surface area contributed by atoms with Crippen LogP contribution in [-0.4, -0.2) is 34.5 Å². The molecule has 0 saturated carbocycles. The highest BCUT2D eigenvalue weighted by Gasteiger charge is 2.08. The van der Waals surface area contributed by atoms with E-state index in [0.717, 1.165) is 11.1 Å². The molecule has 1 amide bonds. The molecule has 0 aliphatic carbocycles. The van der Waals surface area contributed by atoms with Gasteiger partial charge in [0.15, 0.2) is 0 Å². The van der Waals surface area contributed by atoms with Crippen LogP contribution < -0.4 is 10.2 Å². The number of amides is 1. The van der Waals surface area contributed by atoms with Gasteiger partial charge in [-0.2, -0.15) is 0 Å². The number of hydrogen-bond donors (Lipinski definition) is 4. The van der Waals surface area contributed by atoms with Gasteiger partial charge in [-0.1, -0.05) is 29.9 Å². The molecule has 6 heteroatoms. The van der Waals surface area contributed by atoms with E-state index in [1.807, 2.05) is 6.92 Å². The highest BCUT2D eigenvalue weighted by atomic mass is 16.5. The number of ether oxygens (including phenoxy) is 1. The Morgan fingerprint density at radius 3 is 2.64 bits per heavy atom. The van der Waals surface area contributed by atoms with Crippen LogP contribution in [0.1, 0.15) is 25.0 Å². The monoisotopic (exact) mass is 307 g/mol. The molecule has 0 bridgehead atoms. The first-order valence-corrected chi connectivity index (χ1v) is 6.86. The Labute approximate surface area is 129 Å². The summed E-state index contributed by atoms with van der Waals surface area (Å²) in [4.78, 5) is 10.8. The van der Waals surface area contributed by atoms with E-state index in [1.54, 1.807) is 30.3 Å². The van der Waals surface area contributed by atoms with Crippen LogP contribution >= 0.6 is 0 Å². The fraction of sp³-hybridized carbons (Fsp3) is 0.312. The van der Waals surface area contributed by atoms with Crippen molar-refractivity contribution in [2.24, 2.45) is 0 Å². The molecule has 1 aromatic rings. The molecule has 4 N–H and O–H groups in total. The number of benzene rings is 1. The summed E-state index contributed by atoms with van der Waals surface area (Å²) >= 11 is 0. The SMILES string of the molecule is C/C(=C\C=C\C(=O)NO)C[C@H](O)c1ccc(OCCO)cc1. The second-order valence-corrected chi connectivity index (χ2v) is 4.71. The van der Waals surface area contributed by atoms with E-state index in [0.29, 0.717) is 12.2 Å². The Morgan fingerprint density at radius 2 is 2.05 bits per heavy atom. The minimum atomic E-state index is -0.664. The topological polar surface area (TPSA) is 99.0 Å². The lowest BCUT2D eigenvalue weighted by Gasteiger charge is -2.12. The van der Waals surface area contributed by atoms with Crippen molar-refractivity contribution in [2.75, 3.05) is 13.2 Å². The highest BCUT2D eigenvalue weighted by Crippen LogP contribution is 2.23. The van der Waals surface area contributed by atoms with Gasteiger partial charge in [-0.15, -0.1) is 0 Å². The summed E-state index contributed by atoms with van der Waals surface area (Å²) in [5, 5.41) is 27.2. The van der Waals surface area contributed by atoms with Crippen LogP contribution in [-0.2, 0) is 4.79 Å². The van der Waals surface area contributed by atoms with E-state index in [9.17, 15) is 9.90 Å². The summed E-state index contributed by atoms with van der Waals surface area (Å²) in [6.45, 7) is 2.02. The number of nitrogens with one attached hydrogen (secondary N) is 1. The van der Waals surface area contributed by atoms with Crippen molar-refractivity contribution >= 4 is 5.91 Å². The lowest BCUT2D eigenvalue weighted by atomic mass is 10.0. The molecule has 120 valence electrons. The third-order valence-electron chi connectivity index (χ3n) is 2.88. The van der Waals surface area contributed by atoms with Crippen molar-refractivity contribution < 1.29 is 25.0 Å². The molecule has 0 aliphatic heterocycles. The van der Waals surface area contributed by atoms with Gasteiger partial charge in [0.25, 0.3) is 5.91 Å². The summed E-state index contributed by atoms with van der Waals surface area (Å²) in [5.74, 6) is 0.0262. The summed E-state index contributed by atoms with van der Waals surface area (Å²) in [6, 6.07) is 7.00. The maximum absolute atomic E-state index is 10.8. The van der Waals surface area contributed by atoms with Gasteiger partial charge in [0.05, 0.1) is 12.7 Å².